The molecule has 1 fully saturated rings. The standard InChI is InChI=1S/C24H23Cl3N6O3/c25-17-2-1-3-18(26)21(17)33-14-36-22-16(23(33)35)13-28-24(30-22)29-15-4-5-20(19(27)12-15)32-8-6-31(7-9-32)10-11-34/h1-5,12-13,34H,6-11,14H2,(H,28,29,30). The van der Waals surface area contributed by atoms with E-state index in [1.54, 1.807) is 18.2 Å². The molecule has 0 radical (unpaired) electrons. The summed E-state index contributed by atoms with van der Waals surface area (Å²) in [6, 6.07) is 10.7. The SMILES string of the molecule is O=C1c2cnc(Nc3ccc(N4CCN(CCO)CC4)c(Cl)c3)nc2OCN1c1c(Cl)cccc1Cl. The van der Waals surface area contributed by atoms with E-state index in [4.69, 9.17) is 44.6 Å². The Balaban J connectivity index is 1.29. The van der Waals surface area contributed by atoms with E-state index in [-0.39, 0.29) is 36.6 Å². The van der Waals surface area contributed by atoms with Gasteiger partial charge in [-0.25, -0.2) is 4.98 Å². The van der Waals surface area contributed by atoms with Crippen LogP contribution in [0.1, 0.15) is 10.4 Å². The first-order chi connectivity index (χ1) is 17.4. The van der Waals surface area contributed by atoms with Gasteiger partial charge in [0, 0.05) is 44.6 Å². The molecule has 188 valence electrons. The predicted molar refractivity (Wildman–Crippen MR) is 141 cm³/mol. The normalized spacial score (nSPS) is 16.1. The molecule has 1 amide bonds. The molecule has 1 saturated heterocycles. The van der Waals surface area contributed by atoms with Gasteiger partial charge in [0.2, 0.25) is 11.8 Å². The number of β-amino-alcohol motifs (C(OH)–C–C–N with tert-alkyl or cyclic N) is 1. The van der Waals surface area contributed by atoms with Crippen LogP contribution in [0, 0.1) is 0 Å². The lowest BCUT2D eigenvalue weighted by atomic mass is 10.2. The van der Waals surface area contributed by atoms with Crippen LogP contribution in [-0.4, -0.2) is 71.9 Å². The Labute approximate surface area is 223 Å². The van der Waals surface area contributed by atoms with E-state index >= 15 is 0 Å². The molecule has 3 aromatic rings. The van der Waals surface area contributed by atoms with Gasteiger partial charge in [0.25, 0.3) is 5.91 Å². The average molecular weight is 550 g/mol. The van der Waals surface area contributed by atoms with Gasteiger partial charge >= 0.3 is 0 Å². The average Bonchev–Trinajstić information content (AvgIpc) is 2.86. The topological polar surface area (TPSA) is 94.1 Å². The number of para-hydroxylation sites is 1. The third kappa shape index (κ3) is 5.02. The minimum Gasteiger partial charge on any atom is -0.455 e. The van der Waals surface area contributed by atoms with Crippen LogP contribution < -0.4 is 19.9 Å². The first-order valence-electron chi connectivity index (χ1n) is 11.3. The summed E-state index contributed by atoms with van der Waals surface area (Å²) >= 11 is 19.1. The number of benzene rings is 2. The van der Waals surface area contributed by atoms with E-state index in [0.717, 1.165) is 31.9 Å². The van der Waals surface area contributed by atoms with Crippen LogP contribution >= 0.6 is 34.8 Å². The number of carbonyl (C=O) groups is 1. The molecule has 0 saturated carbocycles. The number of carbonyl (C=O) groups excluding carboxylic acids is 1. The van der Waals surface area contributed by atoms with E-state index in [2.05, 4.69) is 25.1 Å². The quantitative estimate of drug-likeness (QED) is 0.470. The van der Waals surface area contributed by atoms with Crippen LogP contribution in [0.15, 0.2) is 42.6 Å². The Bertz CT molecular complexity index is 1270. The molecule has 0 bridgehead atoms. The Morgan fingerprint density at radius 1 is 1.03 bits per heavy atom. The molecular formula is C24H23Cl3N6O3. The van der Waals surface area contributed by atoms with Gasteiger partial charge in [0.1, 0.15) is 5.56 Å². The molecule has 0 aliphatic carbocycles. The molecular weight excluding hydrogens is 527 g/mol. The van der Waals surface area contributed by atoms with Crippen molar-refractivity contribution in [2.24, 2.45) is 0 Å². The van der Waals surface area contributed by atoms with Crippen molar-refractivity contribution in [3.63, 3.8) is 0 Å². The highest BCUT2D eigenvalue weighted by atomic mass is 35.5. The third-order valence-electron chi connectivity index (χ3n) is 6.10. The molecule has 3 heterocycles. The number of halogens is 3. The van der Waals surface area contributed by atoms with Crippen LogP contribution in [0.25, 0.3) is 0 Å². The lowest BCUT2D eigenvalue weighted by Crippen LogP contribution is -2.47. The van der Waals surface area contributed by atoms with Gasteiger partial charge in [0.05, 0.1) is 33.0 Å². The van der Waals surface area contributed by atoms with Crippen molar-refractivity contribution in [3.05, 3.63) is 63.2 Å². The zero-order valence-corrected chi connectivity index (χ0v) is 21.4. The van der Waals surface area contributed by atoms with Gasteiger partial charge in [0.15, 0.2) is 6.73 Å². The zero-order valence-electron chi connectivity index (χ0n) is 19.1. The summed E-state index contributed by atoms with van der Waals surface area (Å²) in [5.74, 6) is 0.0805. The Kier molecular flexibility index (Phi) is 7.36. The van der Waals surface area contributed by atoms with Gasteiger partial charge in [-0.2, -0.15) is 4.98 Å². The largest absolute Gasteiger partial charge is 0.455 e. The van der Waals surface area contributed by atoms with Gasteiger partial charge in [-0.05, 0) is 30.3 Å². The monoisotopic (exact) mass is 548 g/mol. The lowest BCUT2D eigenvalue weighted by molar-refractivity contribution is 0.0932. The number of fused-ring (bicyclic) bond motifs is 1. The molecule has 0 unspecified atom stereocenters. The number of aromatic nitrogens is 2. The fraction of sp³-hybridized carbons (Fsp3) is 0.292. The van der Waals surface area contributed by atoms with E-state index < -0.39 is 0 Å². The Morgan fingerprint density at radius 2 is 1.78 bits per heavy atom. The molecule has 2 aliphatic heterocycles. The fourth-order valence-corrected chi connectivity index (χ4v) is 5.15. The number of aliphatic hydroxyl groups is 1. The van der Waals surface area contributed by atoms with Crippen molar-refractivity contribution in [2.45, 2.75) is 0 Å². The molecule has 0 atom stereocenters. The molecule has 2 aromatic carbocycles. The maximum Gasteiger partial charge on any atom is 0.268 e. The number of anilines is 4. The van der Waals surface area contributed by atoms with Crippen molar-refractivity contribution in [1.82, 2.24) is 14.9 Å². The highest BCUT2D eigenvalue weighted by Crippen LogP contribution is 2.37. The summed E-state index contributed by atoms with van der Waals surface area (Å²) in [4.78, 5) is 27.5. The van der Waals surface area contributed by atoms with Crippen LogP contribution in [0.2, 0.25) is 15.1 Å². The highest BCUT2D eigenvalue weighted by Gasteiger charge is 2.31. The van der Waals surface area contributed by atoms with E-state index in [1.807, 2.05) is 18.2 Å². The first kappa shape index (κ1) is 24.9. The second kappa shape index (κ2) is 10.7. The summed E-state index contributed by atoms with van der Waals surface area (Å²) in [6.45, 7) is 4.19. The van der Waals surface area contributed by atoms with Crippen molar-refractivity contribution < 1.29 is 14.6 Å². The second-order valence-corrected chi connectivity index (χ2v) is 9.55. The number of ether oxygens (including phenoxy) is 1. The molecule has 2 aliphatic rings. The second-order valence-electron chi connectivity index (χ2n) is 8.33. The smallest absolute Gasteiger partial charge is 0.268 e. The zero-order chi connectivity index (χ0) is 25.2. The first-order valence-corrected chi connectivity index (χ1v) is 12.5. The fourth-order valence-electron chi connectivity index (χ4n) is 4.25. The summed E-state index contributed by atoms with van der Waals surface area (Å²) in [5, 5.41) is 13.5. The number of aliphatic hydroxyl groups excluding tert-OH is 1. The van der Waals surface area contributed by atoms with Crippen molar-refractivity contribution in [1.29, 1.82) is 0 Å². The van der Waals surface area contributed by atoms with E-state index in [0.29, 0.717) is 33.0 Å². The van der Waals surface area contributed by atoms with Crippen LogP contribution in [0.5, 0.6) is 5.88 Å². The maximum absolute atomic E-state index is 13.1. The number of nitrogens with one attached hydrogen (secondary N) is 1. The number of hydrogen-bond donors (Lipinski definition) is 2. The van der Waals surface area contributed by atoms with Gasteiger partial charge in [-0.3, -0.25) is 14.6 Å². The molecule has 5 rings (SSSR count). The summed E-state index contributed by atoms with van der Waals surface area (Å²) in [7, 11) is 0. The number of hydrogen-bond acceptors (Lipinski definition) is 8. The summed E-state index contributed by atoms with van der Waals surface area (Å²) in [6.07, 6.45) is 1.41. The molecule has 1 aromatic heterocycles. The van der Waals surface area contributed by atoms with Crippen LogP contribution in [0.3, 0.4) is 0 Å². The maximum atomic E-state index is 13.1. The van der Waals surface area contributed by atoms with Gasteiger partial charge in [-0.1, -0.05) is 40.9 Å². The van der Waals surface area contributed by atoms with Gasteiger partial charge < -0.3 is 20.1 Å². The molecule has 9 nitrogen and oxygen atoms in total. The van der Waals surface area contributed by atoms with Crippen molar-refractivity contribution >= 4 is 63.7 Å². The molecule has 2 N–H and O–H groups in total. The van der Waals surface area contributed by atoms with E-state index in [1.165, 1.54) is 11.1 Å². The number of nitrogens with zero attached hydrogens (tertiary/aromatic N) is 5. The van der Waals surface area contributed by atoms with E-state index in [9.17, 15) is 4.79 Å². The highest BCUT2D eigenvalue weighted by molar-refractivity contribution is 6.40. The number of piperazine rings is 1. The molecule has 36 heavy (non-hydrogen) atoms. The Hall–Kier alpha value is -2.82. The van der Waals surface area contributed by atoms with Crippen molar-refractivity contribution in [2.75, 3.05) is 61.2 Å². The predicted octanol–water partition coefficient (Wildman–Crippen LogP) is 4.29. The minimum absolute atomic E-state index is 0.0855. The lowest BCUT2D eigenvalue weighted by Gasteiger charge is -2.36. The summed E-state index contributed by atoms with van der Waals surface area (Å²) < 4.78 is 5.74. The Morgan fingerprint density at radius 3 is 2.47 bits per heavy atom. The molecule has 0 spiro atoms. The summed E-state index contributed by atoms with van der Waals surface area (Å²) in [5.41, 5.74) is 2.23. The number of rotatable bonds is 6. The minimum atomic E-state index is -0.357. The van der Waals surface area contributed by atoms with Crippen LogP contribution in [-0.2, 0) is 0 Å². The van der Waals surface area contributed by atoms with Crippen LogP contribution in [0.4, 0.5) is 23.0 Å². The third-order valence-corrected chi connectivity index (χ3v) is 7.01. The van der Waals surface area contributed by atoms with Gasteiger partial charge in [-0.15, -0.1) is 0 Å². The molecule has 12 heteroatoms. The van der Waals surface area contributed by atoms with Crippen molar-refractivity contribution in [3.8, 4) is 5.88 Å². The number of amides is 1.